The summed E-state index contributed by atoms with van der Waals surface area (Å²) in [6.45, 7) is 1.36. The van der Waals surface area contributed by atoms with Crippen molar-refractivity contribution >= 4 is 48.7 Å². The normalized spacial score (nSPS) is 11.3. The Labute approximate surface area is 164 Å². The minimum Gasteiger partial charge on any atom is -0.427 e. The van der Waals surface area contributed by atoms with E-state index in [2.05, 4.69) is 0 Å². The summed E-state index contributed by atoms with van der Waals surface area (Å²) in [6.07, 6.45) is 1.19. The Morgan fingerprint density at radius 1 is 0.962 bits per heavy atom. The molecule has 2 aromatic carbocycles. The van der Waals surface area contributed by atoms with Crippen molar-refractivity contribution in [3.05, 3.63) is 52.4 Å². The first kappa shape index (κ1) is 18.9. The molecule has 0 amide bonds. The monoisotopic (exact) mass is 422 g/mol. The maximum atomic E-state index is 11.6. The van der Waals surface area contributed by atoms with Gasteiger partial charge in [-0.2, -0.15) is 0 Å². The van der Waals surface area contributed by atoms with Gasteiger partial charge >= 0.3 is 5.97 Å². The summed E-state index contributed by atoms with van der Waals surface area (Å²) in [4.78, 5) is 12.3. The summed E-state index contributed by atoms with van der Waals surface area (Å²) in [5.41, 5.74) is 2.76. The van der Waals surface area contributed by atoms with Crippen LogP contribution < -0.4 is 4.74 Å². The fourth-order valence-electron chi connectivity index (χ4n) is 2.41. The predicted octanol–water partition coefficient (Wildman–Crippen LogP) is 5.20. The van der Waals surface area contributed by atoms with Crippen molar-refractivity contribution in [1.82, 2.24) is 0 Å². The van der Waals surface area contributed by atoms with E-state index in [-0.39, 0.29) is 10.9 Å². The Hall–Kier alpha value is -1.87. The molecule has 0 saturated carbocycles. The lowest BCUT2D eigenvalue weighted by Gasteiger charge is -2.06. The van der Waals surface area contributed by atoms with E-state index in [0.29, 0.717) is 5.75 Å². The summed E-state index contributed by atoms with van der Waals surface area (Å²) in [7, 11) is -0.176. The van der Waals surface area contributed by atoms with Crippen LogP contribution in [0.1, 0.15) is 6.92 Å². The zero-order chi connectivity index (χ0) is 18.9. The van der Waals surface area contributed by atoms with Crippen LogP contribution >= 0.6 is 32.9 Å². The summed E-state index contributed by atoms with van der Waals surface area (Å²) in [5.74, 6) is 0.108. The summed E-state index contributed by atoms with van der Waals surface area (Å²) in [6, 6.07) is 14.0. The Morgan fingerprint density at radius 3 is 2.08 bits per heavy atom. The minimum atomic E-state index is -3.23. The van der Waals surface area contributed by atoms with Crippen LogP contribution in [0.2, 0.25) is 0 Å². The van der Waals surface area contributed by atoms with E-state index in [1.54, 1.807) is 46.7 Å². The zero-order valence-electron chi connectivity index (χ0n) is 13.9. The first-order valence-corrected chi connectivity index (χ1v) is 11.9. The van der Waals surface area contributed by atoms with Crippen LogP contribution in [-0.2, 0) is 14.6 Å². The number of benzene rings is 2. The highest BCUT2D eigenvalue weighted by Gasteiger charge is 2.14. The van der Waals surface area contributed by atoms with Gasteiger partial charge < -0.3 is 4.74 Å². The average Bonchev–Trinajstić information content (AvgIpc) is 2.96. The molecule has 0 unspecified atom stereocenters. The molecule has 0 saturated heterocycles. The Bertz CT molecular complexity index is 1110. The summed E-state index contributed by atoms with van der Waals surface area (Å²) < 4.78 is 29.1. The largest absolute Gasteiger partial charge is 0.427 e. The van der Waals surface area contributed by atoms with Crippen molar-refractivity contribution in [3.8, 4) is 27.3 Å². The van der Waals surface area contributed by atoms with Gasteiger partial charge in [0.05, 0.1) is 9.77 Å². The van der Waals surface area contributed by atoms with Crippen molar-refractivity contribution in [2.24, 2.45) is 0 Å². The fourth-order valence-corrected chi connectivity index (χ4v) is 5.96. The second-order valence-corrected chi connectivity index (χ2v) is 10.4. The van der Waals surface area contributed by atoms with Crippen LogP contribution in [0.3, 0.4) is 0 Å². The average molecular weight is 423 g/mol. The molecule has 1 heterocycles. The highest BCUT2D eigenvalue weighted by Crippen LogP contribution is 2.41. The van der Waals surface area contributed by atoms with Crippen molar-refractivity contribution in [1.29, 1.82) is 0 Å². The molecule has 0 aliphatic carbocycles. The molecule has 26 heavy (non-hydrogen) atoms. The second-order valence-electron chi connectivity index (χ2n) is 5.57. The third-order valence-corrected chi connectivity index (χ3v) is 7.78. The first-order valence-electron chi connectivity index (χ1n) is 7.48. The molecule has 0 fully saturated rings. The van der Waals surface area contributed by atoms with Crippen LogP contribution in [0.25, 0.3) is 21.6 Å². The third-order valence-electron chi connectivity index (χ3n) is 3.58. The topological polar surface area (TPSA) is 60.4 Å². The van der Waals surface area contributed by atoms with Crippen molar-refractivity contribution < 1.29 is 17.9 Å². The van der Waals surface area contributed by atoms with E-state index in [1.165, 1.54) is 23.5 Å². The number of sulfone groups is 1. The number of rotatable bonds is 4. The molecule has 0 aliphatic heterocycles. The fraction of sp³-hybridized carbons (Fsp3) is 0.111. The number of ether oxygens (including phenoxy) is 1. The molecule has 3 rings (SSSR count). The lowest BCUT2D eigenvalue weighted by atomic mass is 10.0. The van der Waals surface area contributed by atoms with E-state index in [0.717, 1.165) is 25.4 Å². The van der Waals surface area contributed by atoms with Gasteiger partial charge in [0.25, 0.3) is 0 Å². The first-order chi connectivity index (χ1) is 12.3. The van der Waals surface area contributed by atoms with Crippen LogP contribution in [0.5, 0.6) is 5.75 Å². The van der Waals surface area contributed by atoms with Crippen molar-refractivity contribution in [3.63, 3.8) is 0 Å². The standard InChI is InChI=1S/C18H14O4S4/c1-11(19)22-14-7-3-12(4-8-14)16-17(24-25-18(16)23)13-5-9-15(10-6-13)26(2,20)21/h3-10H,1-2H3. The maximum absolute atomic E-state index is 11.6. The second kappa shape index (κ2) is 7.40. The van der Waals surface area contributed by atoms with Gasteiger partial charge in [0.2, 0.25) is 0 Å². The molecule has 8 heteroatoms. The van der Waals surface area contributed by atoms with Crippen LogP contribution in [-0.4, -0.2) is 20.6 Å². The highest BCUT2D eigenvalue weighted by atomic mass is 32.9. The molecule has 0 atom stereocenters. The molecule has 4 nitrogen and oxygen atoms in total. The van der Waals surface area contributed by atoms with E-state index in [9.17, 15) is 13.2 Å². The quantitative estimate of drug-likeness (QED) is 0.250. The molecular weight excluding hydrogens is 408 g/mol. The smallest absolute Gasteiger partial charge is 0.308 e. The molecular formula is C18H14O4S4. The SMILES string of the molecule is CC(=O)Oc1ccc(-c2c(-c3ccc(S(C)(=O)=O)cc3)ssc2=S)cc1. The Morgan fingerprint density at radius 2 is 1.54 bits per heavy atom. The molecule has 0 bridgehead atoms. The van der Waals surface area contributed by atoms with E-state index >= 15 is 0 Å². The van der Waals surface area contributed by atoms with Gasteiger partial charge in [-0.1, -0.05) is 57.2 Å². The van der Waals surface area contributed by atoms with Gasteiger partial charge in [0, 0.05) is 18.7 Å². The lowest BCUT2D eigenvalue weighted by molar-refractivity contribution is -0.131. The van der Waals surface area contributed by atoms with Gasteiger partial charge in [-0.25, -0.2) is 8.42 Å². The van der Waals surface area contributed by atoms with Crippen molar-refractivity contribution in [2.75, 3.05) is 6.26 Å². The van der Waals surface area contributed by atoms with Gasteiger partial charge in [-0.05, 0) is 35.4 Å². The number of carbonyl (C=O) groups is 1. The number of carbonyl (C=O) groups excluding carboxylic acids is 1. The molecule has 0 spiro atoms. The van der Waals surface area contributed by atoms with Crippen LogP contribution in [0.15, 0.2) is 53.4 Å². The van der Waals surface area contributed by atoms with Gasteiger partial charge in [-0.15, -0.1) is 0 Å². The number of esters is 1. The summed E-state index contributed by atoms with van der Waals surface area (Å²) in [5, 5.41) is 0. The van der Waals surface area contributed by atoms with Crippen molar-refractivity contribution in [2.45, 2.75) is 11.8 Å². The molecule has 0 aliphatic rings. The van der Waals surface area contributed by atoms with E-state index in [4.69, 9.17) is 17.0 Å². The Balaban J connectivity index is 2.02. The van der Waals surface area contributed by atoms with Crippen LogP contribution in [0.4, 0.5) is 0 Å². The molecule has 134 valence electrons. The number of hydrogen-bond acceptors (Lipinski definition) is 7. The van der Waals surface area contributed by atoms with Crippen LogP contribution in [0, 0.1) is 3.82 Å². The third kappa shape index (κ3) is 4.09. The van der Waals surface area contributed by atoms with E-state index in [1.807, 2.05) is 12.1 Å². The maximum Gasteiger partial charge on any atom is 0.308 e. The zero-order valence-corrected chi connectivity index (χ0v) is 17.2. The molecule has 0 radical (unpaired) electrons. The molecule has 0 N–H and O–H groups in total. The molecule has 3 aromatic rings. The molecule has 1 aromatic heterocycles. The number of hydrogen-bond donors (Lipinski definition) is 0. The predicted molar refractivity (Wildman–Crippen MR) is 108 cm³/mol. The lowest BCUT2D eigenvalue weighted by Crippen LogP contribution is -2.00. The summed E-state index contributed by atoms with van der Waals surface area (Å²) >= 11 is 5.49. The van der Waals surface area contributed by atoms with Gasteiger partial charge in [0.15, 0.2) is 9.84 Å². The van der Waals surface area contributed by atoms with E-state index < -0.39 is 9.84 Å². The Kier molecular flexibility index (Phi) is 5.38. The minimum absolute atomic E-state index is 0.285. The van der Waals surface area contributed by atoms with Gasteiger partial charge in [-0.3, -0.25) is 4.79 Å². The highest BCUT2D eigenvalue weighted by molar-refractivity contribution is 7.90. The van der Waals surface area contributed by atoms with Gasteiger partial charge in [0.1, 0.15) is 9.57 Å².